The Morgan fingerprint density at radius 1 is 0.900 bits per heavy atom. The highest BCUT2D eigenvalue weighted by Crippen LogP contribution is 2.27. The van der Waals surface area contributed by atoms with Crippen LogP contribution in [0.4, 0.5) is 5.69 Å². The van der Waals surface area contributed by atoms with Crippen molar-refractivity contribution in [3.8, 4) is 0 Å². The molecule has 2 saturated heterocycles. The maximum Gasteiger partial charge on any atom is 0.251 e. The molecule has 2 aromatic rings. The van der Waals surface area contributed by atoms with Gasteiger partial charge in [-0.3, -0.25) is 14.5 Å². The van der Waals surface area contributed by atoms with Crippen molar-refractivity contribution in [2.24, 2.45) is 0 Å². The molecule has 2 heterocycles. The number of carbonyl (C=O) groups excluding carboxylic acids is 2. The summed E-state index contributed by atoms with van der Waals surface area (Å²) in [6.45, 7) is 3.23. The molecule has 2 aliphatic rings. The second-order valence-electron chi connectivity index (χ2n) is 7.52. The van der Waals surface area contributed by atoms with Crippen LogP contribution in [0.25, 0.3) is 0 Å². The first kappa shape index (κ1) is 21.0. The average molecular weight is 448 g/mol. The fraction of sp³-hybridized carbons (Fsp3) is 0.333. The lowest BCUT2D eigenvalue weighted by molar-refractivity contribution is -0.123. The Hall–Kier alpha value is -2.26. The van der Waals surface area contributed by atoms with Gasteiger partial charge in [0.1, 0.15) is 0 Å². The molecule has 158 valence electrons. The van der Waals surface area contributed by atoms with Gasteiger partial charge in [-0.25, -0.2) is 13.3 Å². The van der Waals surface area contributed by atoms with Gasteiger partial charge < -0.3 is 0 Å². The number of hydrogen-bond acceptors (Lipinski definition) is 5. The van der Waals surface area contributed by atoms with Crippen molar-refractivity contribution in [2.45, 2.75) is 24.3 Å². The zero-order valence-electron chi connectivity index (χ0n) is 16.5. The summed E-state index contributed by atoms with van der Waals surface area (Å²) in [5, 5.41) is 0.473. The van der Waals surface area contributed by atoms with Gasteiger partial charge in [0.05, 0.1) is 23.0 Å². The minimum Gasteiger partial charge on any atom is -0.289 e. The lowest BCUT2D eigenvalue weighted by Crippen LogP contribution is -2.53. The van der Waals surface area contributed by atoms with Crippen molar-refractivity contribution in [1.29, 1.82) is 0 Å². The SMILES string of the molecule is Cc1ccc(N2C(=O)CC(N3CCN(S(=O)(=O)c4ccc(Cl)cc4)CC3)C2=O)cc1. The third-order valence-corrected chi connectivity index (χ3v) is 7.75. The van der Waals surface area contributed by atoms with Crippen LogP contribution in [0.2, 0.25) is 5.02 Å². The van der Waals surface area contributed by atoms with E-state index in [-0.39, 0.29) is 36.2 Å². The molecule has 2 aliphatic heterocycles. The molecule has 2 aromatic carbocycles. The van der Waals surface area contributed by atoms with E-state index >= 15 is 0 Å². The Kier molecular flexibility index (Phi) is 5.67. The number of halogens is 1. The summed E-state index contributed by atoms with van der Waals surface area (Å²) in [5.74, 6) is -0.483. The van der Waals surface area contributed by atoms with Gasteiger partial charge >= 0.3 is 0 Å². The molecule has 0 saturated carbocycles. The highest BCUT2D eigenvalue weighted by Gasteiger charge is 2.44. The van der Waals surface area contributed by atoms with Crippen molar-refractivity contribution in [1.82, 2.24) is 9.21 Å². The number of aryl methyl sites for hydroxylation is 1. The zero-order valence-corrected chi connectivity index (χ0v) is 18.1. The van der Waals surface area contributed by atoms with Gasteiger partial charge in [-0.2, -0.15) is 4.31 Å². The summed E-state index contributed by atoms with van der Waals surface area (Å²) in [6.07, 6.45) is 0.108. The van der Waals surface area contributed by atoms with Crippen LogP contribution in [0.5, 0.6) is 0 Å². The molecular weight excluding hydrogens is 426 g/mol. The van der Waals surface area contributed by atoms with E-state index in [1.165, 1.54) is 21.3 Å². The van der Waals surface area contributed by atoms with Crippen LogP contribution in [0.15, 0.2) is 53.4 Å². The number of amides is 2. The van der Waals surface area contributed by atoms with Crippen molar-refractivity contribution in [3.63, 3.8) is 0 Å². The van der Waals surface area contributed by atoms with E-state index in [1.807, 2.05) is 24.0 Å². The van der Waals surface area contributed by atoms with Crippen molar-refractivity contribution < 1.29 is 18.0 Å². The average Bonchev–Trinajstić information content (AvgIpc) is 3.03. The molecule has 0 spiro atoms. The van der Waals surface area contributed by atoms with Gasteiger partial charge in [0, 0.05) is 31.2 Å². The lowest BCUT2D eigenvalue weighted by atomic mass is 10.2. The number of hydrogen-bond donors (Lipinski definition) is 0. The quantitative estimate of drug-likeness (QED) is 0.672. The van der Waals surface area contributed by atoms with E-state index in [0.717, 1.165) is 5.56 Å². The number of piperazine rings is 1. The lowest BCUT2D eigenvalue weighted by Gasteiger charge is -2.36. The first-order chi connectivity index (χ1) is 14.3. The molecule has 7 nitrogen and oxygen atoms in total. The van der Waals surface area contributed by atoms with Gasteiger partial charge in [-0.05, 0) is 43.3 Å². The molecule has 0 aliphatic carbocycles. The monoisotopic (exact) mass is 447 g/mol. The van der Waals surface area contributed by atoms with E-state index in [0.29, 0.717) is 23.8 Å². The molecule has 4 rings (SSSR count). The molecule has 0 radical (unpaired) electrons. The van der Waals surface area contributed by atoms with Gasteiger partial charge in [0.25, 0.3) is 5.91 Å². The summed E-state index contributed by atoms with van der Waals surface area (Å²) in [5.41, 5.74) is 1.62. The maximum atomic E-state index is 13.0. The topological polar surface area (TPSA) is 78.0 Å². The van der Waals surface area contributed by atoms with Crippen LogP contribution < -0.4 is 4.90 Å². The smallest absolute Gasteiger partial charge is 0.251 e. The predicted molar refractivity (Wildman–Crippen MR) is 114 cm³/mol. The Morgan fingerprint density at radius 2 is 1.50 bits per heavy atom. The Bertz CT molecular complexity index is 1060. The molecule has 0 aromatic heterocycles. The van der Waals surface area contributed by atoms with E-state index < -0.39 is 16.1 Å². The highest BCUT2D eigenvalue weighted by molar-refractivity contribution is 7.89. The first-order valence-electron chi connectivity index (χ1n) is 9.70. The summed E-state index contributed by atoms with van der Waals surface area (Å²) in [4.78, 5) is 28.8. The number of rotatable bonds is 4. The Balaban J connectivity index is 1.44. The number of imide groups is 1. The number of anilines is 1. The van der Waals surface area contributed by atoms with Gasteiger partial charge in [-0.15, -0.1) is 0 Å². The van der Waals surface area contributed by atoms with E-state index in [4.69, 9.17) is 11.6 Å². The third-order valence-electron chi connectivity index (χ3n) is 5.58. The van der Waals surface area contributed by atoms with Crippen LogP contribution >= 0.6 is 11.6 Å². The van der Waals surface area contributed by atoms with E-state index in [1.54, 1.807) is 24.3 Å². The molecule has 1 atom stereocenters. The number of nitrogens with zero attached hydrogens (tertiary/aromatic N) is 3. The second-order valence-corrected chi connectivity index (χ2v) is 9.89. The summed E-state index contributed by atoms with van der Waals surface area (Å²) < 4.78 is 27.1. The van der Waals surface area contributed by atoms with Gasteiger partial charge in [0.15, 0.2) is 0 Å². The number of carbonyl (C=O) groups is 2. The van der Waals surface area contributed by atoms with Crippen molar-refractivity contribution in [2.75, 3.05) is 31.1 Å². The molecule has 9 heteroatoms. The van der Waals surface area contributed by atoms with Crippen LogP contribution in [-0.4, -0.2) is 61.7 Å². The minimum atomic E-state index is -3.62. The van der Waals surface area contributed by atoms with Crippen LogP contribution in [-0.2, 0) is 19.6 Å². The summed E-state index contributed by atoms with van der Waals surface area (Å²) in [7, 11) is -3.62. The molecular formula is C21H22ClN3O4S. The van der Waals surface area contributed by atoms with E-state index in [2.05, 4.69) is 0 Å². The van der Waals surface area contributed by atoms with Gasteiger partial charge in [0.2, 0.25) is 15.9 Å². The second kappa shape index (κ2) is 8.11. The molecule has 0 bridgehead atoms. The van der Waals surface area contributed by atoms with Crippen molar-refractivity contribution in [3.05, 3.63) is 59.1 Å². The van der Waals surface area contributed by atoms with Crippen LogP contribution in [0.1, 0.15) is 12.0 Å². The molecule has 30 heavy (non-hydrogen) atoms. The minimum absolute atomic E-state index is 0.108. The number of sulfonamides is 1. The standard InChI is InChI=1S/C21H22ClN3O4S/c1-15-2-6-17(7-3-15)25-20(26)14-19(21(25)27)23-10-12-24(13-11-23)30(28,29)18-8-4-16(22)5-9-18/h2-9,19H,10-14H2,1H3. The van der Waals surface area contributed by atoms with Crippen molar-refractivity contribution >= 4 is 39.1 Å². The maximum absolute atomic E-state index is 13.0. The fourth-order valence-corrected chi connectivity index (χ4v) is 5.43. The fourth-order valence-electron chi connectivity index (χ4n) is 3.88. The molecule has 1 unspecified atom stereocenters. The largest absolute Gasteiger partial charge is 0.289 e. The number of benzene rings is 2. The van der Waals surface area contributed by atoms with E-state index in [9.17, 15) is 18.0 Å². The molecule has 2 amide bonds. The summed E-state index contributed by atoms with van der Waals surface area (Å²) >= 11 is 5.85. The van der Waals surface area contributed by atoms with Gasteiger partial charge in [-0.1, -0.05) is 29.3 Å². The zero-order chi connectivity index (χ0) is 21.5. The predicted octanol–water partition coefficient (Wildman–Crippen LogP) is 2.29. The molecule has 0 N–H and O–H groups in total. The van der Waals surface area contributed by atoms with Crippen LogP contribution in [0.3, 0.4) is 0 Å². The summed E-state index contributed by atoms with van der Waals surface area (Å²) in [6, 6.07) is 12.8. The normalized spacial score (nSPS) is 21.4. The third kappa shape index (κ3) is 3.88. The Morgan fingerprint density at radius 3 is 2.10 bits per heavy atom. The van der Waals surface area contributed by atoms with Crippen LogP contribution in [0, 0.1) is 6.92 Å². The first-order valence-corrected chi connectivity index (χ1v) is 11.5. The Labute approximate surface area is 180 Å². The highest BCUT2D eigenvalue weighted by atomic mass is 35.5. The molecule has 2 fully saturated rings.